The van der Waals surface area contributed by atoms with E-state index in [0.717, 1.165) is 5.56 Å². The van der Waals surface area contributed by atoms with Crippen molar-refractivity contribution in [1.82, 2.24) is 0 Å². The van der Waals surface area contributed by atoms with Gasteiger partial charge in [-0.1, -0.05) is 18.2 Å². The summed E-state index contributed by atoms with van der Waals surface area (Å²) in [5, 5.41) is 28.5. The molecular weight excluding hydrogens is 224 g/mol. The highest BCUT2D eigenvalue weighted by molar-refractivity contribution is 5.31. The lowest BCUT2D eigenvalue weighted by molar-refractivity contribution is -0.242. The highest BCUT2D eigenvalue weighted by Gasteiger charge is 2.39. The fraction of sp³-hybridized carbons (Fsp3) is 0.500. The second kappa shape index (κ2) is 5.01. The van der Waals surface area contributed by atoms with E-state index < -0.39 is 24.6 Å². The Bertz CT molecular complexity index is 381. The molecule has 3 N–H and O–H groups in total. The number of hydrogen-bond acceptors (Lipinski definition) is 5. The number of benzene rings is 1. The number of hydrogen-bond donors (Lipinski definition) is 3. The molecule has 1 aromatic rings. The van der Waals surface area contributed by atoms with Crippen molar-refractivity contribution in [3.8, 4) is 5.75 Å². The zero-order valence-corrected chi connectivity index (χ0v) is 9.48. The zero-order valence-electron chi connectivity index (χ0n) is 9.48. The molecule has 5 heteroatoms. The molecule has 1 aliphatic rings. The van der Waals surface area contributed by atoms with E-state index in [1.807, 2.05) is 25.1 Å². The van der Waals surface area contributed by atoms with Crippen LogP contribution < -0.4 is 4.74 Å². The molecule has 1 fully saturated rings. The van der Waals surface area contributed by atoms with Crippen LogP contribution in [0.15, 0.2) is 24.3 Å². The Labute approximate surface area is 99.2 Å². The number of aliphatic hydroxyl groups is 3. The van der Waals surface area contributed by atoms with Gasteiger partial charge in [0.15, 0.2) is 0 Å². The second-order valence-electron chi connectivity index (χ2n) is 4.13. The topological polar surface area (TPSA) is 79.2 Å². The zero-order chi connectivity index (χ0) is 12.4. The van der Waals surface area contributed by atoms with Crippen LogP contribution in [0.4, 0.5) is 0 Å². The molecule has 1 aromatic carbocycles. The Hall–Kier alpha value is -1.14. The predicted molar refractivity (Wildman–Crippen MR) is 59.6 cm³/mol. The predicted octanol–water partition coefficient (Wildman–Crippen LogP) is -0.187. The molecule has 0 aliphatic carbocycles. The summed E-state index contributed by atoms with van der Waals surface area (Å²) < 4.78 is 10.6. The van der Waals surface area contributed by atoms with Crippen molar-refractivity contribution in [2.24, 2.45) is 0 Å². The smallest absolute Gasteiger partial charge is 0.228 e. The molecule has 0 bridgehead atoms. The second-order valence-corrected chi connectivity index (χ2v) is 4.13. The molecule has 0 radical (unpaired) electrons. The summed E-state index contributed by atoms with van der Waals surface area (Å²) in [6.07, 6.45) is -4.56. The third kappa shape index (κ3) is 2.58. The standard InChI is InChI=1S/C12H16O5/c1-7-4-2-3-5-9(7)17-12-11(15)10(14)8(13)6-16-12/h2-5,8,10-15H,6H2,1H3/t8-,10+,11-,12+/m1/s1. The average Bonchev–Trinajstić information content (AvgIpc) is 2.32. The third-order valence-corrected chi connectivity index (χ3v) is 2.79. The van der Waals surface area contributed by atoms with Crippen LogP contribution in [0.1, 0.15) is 5.56 Å². The van der Waals surface area contributed by atoms with Gasteiger partial charge in [-0.2, -0.15) is 0 Å². The Morgan fingerprint density at radius 1 is 1.18 bits per heavy atom. The van der Waals surface area contributed by atoms with Crippen molar-refractivity contribution in [2.75, 3.05) is 6.61 Å². The monoisotopic (exact) mass is 240 g/mol. The number of aryl methyl sites for hydroxylation is 1. The lowest BCUT2D eigenvalue weighted by Crippen LogP contribution is -2.54. The summed E-state index contributed by atoms with van der Waals surface area (Å²) in [6, 6.07) is 7.31. The van der Waals surface area contributed by atoms with Crippen molar-refractivity contribution in [3.63, 3.8) is 0 Å². The first kappa shape index (κ1) is 12.3. The highest BCUT2D eigenvalue weighted by atomic mass is 16.7. The Morgan fingerprint density at radius 3 is 2.59 bits per heavy atom. The maximum absolute atomic E-state index is 9.70. The number of para-hydroxylation sites is 1. The maximum Gasteiger partial charge on any atom is 0.228 e. The van der Waals surface area contributed by atoms with Gasteiger partial charge in [0.05, 0.1) is 6.61 Å². The van der Waals surface area contributed by atoms with E-state index in [9.17, 15) is 15.3 Å². The molecule has 0 saturated carbocycles. The van der Waals surface area contributed by atoms with Crippen LogP contribution in [0.5, 0.6) is 5.75 Å². The molecule has 17 heavy (non-hydrogen) atoms. The summed E-state index contributed by atoms with van der Waals surface area (Å²) in [6.45, 7) is 1.81. The third-order valence-electron chi connectivity index (χ3n) is 2.79. The molecule has 4 atom stereocenters. The summed E-state index contributed by atoms with van der Waals surface area (Å²) in [5.74, 6) is 0.583. The van der Waals surface area contributed by atoms with Gasteiger partial charge in [0.2, 0.25) is 6.29 Å². The van der Waals surface area contributed by atoms with E-state index in [0.29, 0.717) is 5.75 Å². The van der Waals surface area contributed by atoms with E-state index in [1.54, 1.807) is 6.07 Å². The Morgan fingerprint density at radius 2 is 1.88 bits per heavy atom. The van der Waals surface area contributed by atoms with Gasteiger partial charge in [-0.15, -0.1) is 0 Å². The average molecular weight is 240 g/mol. The molecule has 5 nitrogen and oxygen atoms in total. The van der Waals surface area contributed by atoms with E-state index in [1.165, 1.54) is 0 Å². The Balaban J connectivity index is 2.07. The largest absolute Gasteiger partial charge is 0.462 e. The molecular formula is C12H16O5. The normalized spacial score (nSPS) is 33.4. The quantitative estimate of drug-likeness (QED) is 0.668. The molecule has 2 rings (SSSR count). The number of aliphatic hydroxyl groups excluding tert-OH is 3. The fourth-order valence-electron chi connectivity index (χ4n) is 1.70. The lowest BCUT2D eigenvalue weighted by Gasteiger charge is -2.35. The first-order chi connectivity index (χ1) is 8.09. The number of ether oxygens (including phenoxy) is 2. The molecule has 0 unspecified atom stereocenters. The van der Waals surface area contributed by atoms with Gasteiger partial charge in [0.25, 0.3) is 0 Å². The van der Waals surface area contributed by atoms with Gasteiger partial charge in [0, 0.05) is 0 Å². The fourth-order valence-corrected chi connectivity index (χ4v) is 1.70. The van der Waals surface area contributed by atoms with Gasteiger partial charge < -0.3 is 24.8 Å². The van der Waals surface area contributed by atoms with Crippen molar-refractivity contribution in [2.45, 2.75) is 31.5 Å². The van der Waals surface area contributed by atoms with E-state index in [4.69, 9.17) is 9.47 Å². The molecule has 1 aliphatic heterocycles. The molecule has 1 heterocycles. The van der Waals surface area contributed by atoms with E-state index >= 15 is 0 Å². The number of rotatable bonds is 2. The maximum atomic E-state index is 9.70. The summed E-state index contributed by atoms with van der Waals surface area (Å²) >= 11 is 0. The van der Waals surface area contributed by atoms with Gasteiger partial charge in [-0.25, -0.2) is 0 Å². The Kier molecular flexibility index (Phi) is 3.63. The van der Waals surface area contributed by atoms with Crippen LogP contribution >= 0.6 is 0 Å². The van der Waals surface area contributed by atoms with E-state index in [2.05, 4.69) is 0 Å². The van der Waals surface area contributed by atoms with Gasteiger partial charge >= 0.3 is 0 Å². The molecule has 1 saturated heterocycles. The summed E-state index contributed by atoms with van der Waals surface area (Å²) in [4.78, 5) is 0. The molecule has 0 spiro atoms. The van der Waals surface area contributed by atoms with Crippen LogP contribution in [0.2, 0.25) is 0 Å². The van der Waals surface area contributed by atoms with E-state index in [-0.39, 0.29) is 6.61 Å². The highest BCUT2D eigenvalue weighted by Crippen LogP contribution is 2.23. The van der Waals surface area contributed by atoms with Crippen LogP contribution in [0, 0.1) is 6.92 Å². The minimum atomic E-state index is -1.27. The van der Waals surface area contributed by atoms with Gasteiger partial charge in [-0.05, 0) is 18.6 Å². The first-order valence-electron chi connectivity index (χ1n) is 5.47. The minimum Gasteiger partial charge on any atom is -0.462 e. The summed E-state index contributed by atoms with van der Waals surface area (Å²) in [5.41, 5.74) is 0.906. The van der Waals surface area contributed by atoms with Gasteiger partial charge in [-0.3, -0.25) is 0 Å². The SMILES string of the molecule is Cc1ccccc1O[C@@H]1OC[C@@H](O)[C@H](O)[C@H]1O. The summed E-state index contributed by atoms with van der Waals surface area (Å²) in [7, 11) is 0. The van der Waals surface area contributed by atoms with Crippen LogP contribution in [-0.4, -0.2) is 46.5 Å². The van der Waals surface area contributed by atoms with Crippen molar-refractivity contribution in [3.05, 3.63) is 29.8 Å². The van der Waals surface area contributed by atoms with Crippen LogP contribution in [0.3, 0.4) is 0 Å². The van der Waals surface area contributed by atoms with Crippen molar-refractivity contribution >= 4 is 0 Å². The lowest BCUT2D eigenvalue weighted by atomic mass is 10.1. The molecule has 0 aromatic heterocycles. The van der Waals surface area contributed by atoms with Crippen molar-refractivity contribution < 1.29 is 24.8 Å². The first-order valence-corrected chi connectivity index (χ1v) is 5.47. The van der Waals surface area contributed by atoms with Crippen LogP contribution in [-0.2, 0) is 4.74 Å². The molecule has 0 amide bonds. The minimum absolute atomic E-state index is 0.0607. The van der Waals surface area contributed by atoms with Crippen molar-refractivity contribution in [1.29, 1.82) is 0 Å². The molecule has 94 valence electrons. The van der Waals surface area contributed by atoms with Gasteiger partial charge in [0.1, 0.15) is 24.1 Å². The van der Waals surface area contributed by atoms with Crippen LogP contribution in [0.25, 0.3) is 0 Å².